The number of allylic oxidation sites excluding steroid dienone is 2. The van der Waals surface area contributed by atoms with Gasteiger partial charge in [0.05, 0.1) is 6.61 Å². The average Bonchev–Trinajstić information content (AvgIpc) is 2.95. The van der Waals surface area contributed by atoms with Crippen LogP contribution in [0.25, 0.3) is 16.7 Å². The number of ether oxygens (including phenoxy) is 1. The van der Waals surface area contributed by atoms with Crippen LogP contribution in [0.2, 0.25) is 0 Å². The van der Waals surface area contributed by atoms with Gasteiger partial charge in [-0.25, -0.2) is 13.2 Å². The van der Waals surface area contributed by atoms with Crippen LogP contribution in [0.4, 0.5) is 17.6 Å². The quantitative estimate of drug-likeness (QED) is 0.165. The standard InChI is InChI=1S/C34H38F4O/c1-3-4-5-6-7-22-39-30-21-20-29(33(37)34(30)38)26-15-10-24(11-16-26)12-17-27-18-19-28(32(36)31(27)35)25-13-8-23(2)9-14-25/h8-9,13-15,18-21,24H,3-7,10-12,16-17,22H2,1-2H3. The lowest BCUT2D eigenvalue weighted by atomic mass is 9.83. The second-order valence-corrected chi connectivity index (χ2v) is 10.7. The molecule has 3 aromatic rings. The number of rotatable bonds is 12. The summed E-state index contributed by atoms with van der Waals surface area (Å²) in [4.78, 5) is 0. The minimum Gasteiger partial charge on any atom is -0.490 e. The van der Waals surface area contributed by atoms with Crippen LogP contribution >= 0.6 is 0 Å². The fraction of sp³-hybridized carbons (Fsp3) is 0.412. The molecule has 0 saturated heterocycles. The molecule has 1 unspecified atom stereocenters. The Balaban J connectivity index is 1.32. The largest absolute Gasteiger partial charge is 0.490 e. The monoisotopic (exact) mass is 538 g/mol. The summed E-state index contributed by atoms with van der Waals surface area (Å²) in [5.41, 5.74) is 3.41. The van der Waals surface area contributed by atoms with E-state index in [2.05, 4.69) is 6.92 Å². The van der Waals surface area contributed by atoms with Crippen LogP contribution in [0.5, 0.6) is 5.75 Å². The van der Waals surface area contributed by atoms with E-state index in [1.165, 1.54) is 12.5 Å². The van der Waals surface area contributed by atoms with E-state index in [0.29, 0.717) is 43.4 Å². The van der Waals surface area contributed by atoms with Gasteiger partial charge in [0.15, 0.2) is 23.2 Å². The maximum Gasteiger partial charge on any atom is 0.201 e. The van der Waals surface area contributed by atoms with E-state index in [-0.39, 0.29) is 22.8 Å². The zero-order valence-corrected chi connectivity index (χ0v) is 23.0. The molecule has 0 heterocycles. The normalized spacial score (nSPS) is 15.3. The number of halogens is 4. The molecule has 208 valence electrons. The van der Waals surface area contributed by atoms with Gasteiger partial charge >= 0.3 is 0 Å². The molecule has 1 aliphatic carbocycles. The van der Waals surface area contributed by atoms with Gasteiger partial charge in [0.25, 0.3) is 0 Å². The van der Waals surface area contributed by atoms with Crippen LogP contribution in [0.15, 0.2) is 54.6 Å². The van der Waals surface area contributed by atoms with Crippen LogP contribution in [0.1, 0.15) is 81.4 Å². The Morgan fingerprint density at radius 1 is 0.769 bits per heavy atom. The van der Waals surface area contributed by atoms with E-state index in [0.717, 1.165) is 43.2 Å². The minimum absolute atomic E-state index is 0.0383. The van der Waals surface area contributed by atoms with Crippen molar-refractivity contribution in [2.75, 3.05) is 6.61 Å². The number of hydrogen-bond donors (Lipinski definition) is 0. The van der Waals surface area contributed by atoms with Gasteiger partial charge in [-0.1, -0.05) is 80.6 Å². The predicted molar refractivity (Wildman–Crippen MR) is 151 cm³/mol. The summed E-state index contributed by atoms with van der Waals surface area (Å²) in [5, 5.41) is 0. The van der Waals surface area contributed by atoms with Crippen LogP contribution in [0, 0.1) is 36.1 Å². The topological polar surface area (TPSA) is 9.23 Å². The molecule has 0 radical (unpaired) electrons. The molecule has 1 aliphatic rings. The predicted octanol–water partition coefficient (Wildman–Crippen LogP) is 10.4. The van der Waals surface area contributed by atoms with Crippen molar-refractivity contribution in [2.24, 2.45) is 5.92 Å². The molecule has 4 rings (SSSR count). The molecular formula is C34H38F4O. The lowest BCUT2D eigenvalue weighted by Gasteiger charge is -2.23. The van der Waals surface area contributed by atoms with Gasteiger partial charge in [0.2, 0.25) is 5.82 Å². The van der Waals surface area contributed by atoms with Crippen molar-refractivity contribution in [3.63, 3.8) is 0 Å². The highest BCUT2D eigenvalue weighted by molar-refractivity contribution is 5.68. The second kappa shape index (κ2) is 13.8. The van der Waals surface area contributed by atoms with Crippen LogP contribution in [0.3, 0.4) is 0 Å². The molecule has 0 fully saturated rings. The Morgan fingerprint density at radius 3 is 2.21 bits per heavy atom. The van der Waals surface area contributed by atoms with Crippen molar-refractivity contribution in [1.82, 2.24) is 0 Å². The summed E-state index contributed by atoms with van der Waals surface area (Å²) in [6, 6.07) is 13.8. The minimum atomic E-state index is -0.935. The van der Waals surface area contributed by atoms with Crippen LogP contribution in [-0.2, 0) is 6.42 Å². The van der Waals surface area contributed by atoms with Gasteiger partial charge in [0, 0.05) is 11.1 Å². The first kappa shape index (κ1) is 28.9. The van der Waals surface area contributed by atoms with Crippen molar-refractivity contribution >= 4 is 5.57 Å². The molecule has 5 heteroatoms. The summed E-state index contributed by atoms with van der Waals surface area (Å²) >= 11 is 0. The van der Waals surface area contributed by atoms with E-state index in [4.69, 9.17) is 4.74 Å². The van der Waals surface area contributed by atoms with E-state index < -0.39 is 23.3 Å². The number of aryl methyl sites for hydroxylation is 2. The molecule has 1 atom stereocenters. The highest BCUT2D eigenvalue weighted by Crippen LogP contribution is 2.36. The lowest BCUT2D eigenvalue weighted by molar-refractivity contribution is 0.284. The van der Waals surface area contributed by atoms with Crippen molar-refractivity contribution in [3.05, 3.63) is 94.6 Å². The molecule has 0 N–H and O–H groups in total. The van der Waals surface area contributed by atoms with Gasteiger partial charge in [0.1, 0.15) is 0 Å². The SMILES string of the molecule is CCCCCCCOc1ccc(C2=CCC(CCc3ccc(-c4ccc(C)cc4)c(F)c3F)CC2)c(F)c1F. The van der Waals surface area contributed by atoms with Crippen molar-refractivity contribution in [3.8, 4) is 16.9 Å². The molecule has 0 aromatic heterocycles. The first-order valence-corrected chi connectivity index (χ1v) is 14.2. The third-order valence-corrected chi connectivity index (χ3v) is 7.76. The number of unbranched alkanes of at least 4 members (excludes halogenated alkanes) is 4. The van der Waals surface area contributed by atoms with Crippen molar-refractivity contribution in [2.45, 2.75) is 78.1 Å². The Morgan fingerprint density at radius 2 is 1.49 bits per heavy atom. The zero-order valence-electron chi connectivity index (χ0n) is 23.0. The molecule has 0 bridgehead atoms. The van der Waals surface area contributed by atoms with Crippen LogP contribution < -0.4 is 4.74 Å². The Hall–Kier alpha value is -3.08. The van der Waals surface area contributed by atoms with E-state index in [1.807, 2.05) is 25.1 Å². The Labute approximate surface area is 229 Å². The number of benzene rings is 3. The lowest BCUT2D eigenvalue weighted by Crippen LogP contribution is -2.09. The molecule has 0 aliphatic heterocycles. The maximum atomic E-state index is 14.9. The van der Waals surface area contributed by atoms with E-state index >= 15 is 0 Å². The van der Waals surface area contributed by atoms with Gasteiger partial charge in [-0.15, -0.1) is 0 Å². The van der Waals surface area contributed by atoms with E-state index in [9.17, 15) is 17.6 Å². The highest BCUT2D eigenvalue weighted by atomic mass is 19.2. The van der Waals surface area contributed by atoms with Gasteiger partial charge in [-0.3, -0.25) is 0 Å². The highest BCUT2D eigenvalue weighted by Gasteiger charge is 2.22. The van der Waals surface area contributed by atoms with E-state index in [1.54, 1.807) is 30.3 Å². The second-order valence-electron chi connectivity index (χ2n) is 10.7. The molecular weight excluding hydrogens is 500 g/mol. The zero-order chi connectivity index (χ0) is 27.8. The fourth-order valence-electron chi connectivity index (χ4n) is 5.27. The molecule has 1 nitrogen and oxygen atoms in total. The molecule has 0 amide bonds. The maximum absolute atomic E-state index is 14.9. The molecule has 0 saturated carbocycles. The first-order chi connectivity index (χ1) is 18.9. The fourth-order valence-corrected chi connectivity index (χ4v) is 5.27. The third-order valence-electron chi connectivity index (χ3n) is 7.76. The summed E-state index contributed by atoms with van der Waals surface area (Å²) in [6.45, 7) is 4.47. The first-order valence-electron chi connectivity index (χ1n) is 14.2. The summed E-state index contributed by atoms with van der Waals surface area (Å²) < 4.78 is 64.7. The van der Waals surface area contributed by atoms with Gasteiger partial charge in [-0.05, 0) is 80.2 Å². The molecule has 39 heavy (non-hydrogen) atoms. The van der Waals surface area contributed by atoms with Crippen molar-refractivity contribution in [1.29, 1.82) is 0 Å². The molecule has 0 spiro atoms. The summed E-state index contributed by atoms with van der Waals surface area (Å²) in [6.07, 6.45) is 10.5. The average molecular weight is 539 g/mol. The van der Waals surface area contributed by atoms with Gasteiger partial charge in [-0.2, -0.15) is 4.39 Å². The van der Waals surface area contributed by atoms with Gasteiger partial charge < -0.3 is 4.74 Å². The Kier molecular flexibility index (Phi) is 10.2. The van der Waals surface area contributed by atoms with Crippen LogP contribution in [-0.4, -0.2) is 6.61 Å². The summed E-state index contributed by atoms with van der Waals surface area (Å²) in [7, 11) is 0. The number of hydrogen-bond acceptors (Lipinski definition) is 1. The molecule has 3 aromatic carbocycles. The Bertz CT molecular complexity index is 1280. The van der Waals surface area contributed by atoms with Crippen molar-refractivity contribution < 1.29 is 22.3 Å². The summed E-state index contributed by atoms with van der Waals surface area (Å²) in [5.74, 6) is -3.17. The smallest absolute Gasteiger partial charge is 0.201 e. The third kappa shape index (κ3) is 7.32.